The van der Waals surface area contributed by atoms with Crippen molar-refractivity contribution >= 4 is 13.9 Å². The number of benzene rings is 1. The number of hydrogen-bond acceptors (Lipinski definition) is 2. The third kappa shape index (κ3) is 1.90. The fourth-order valence-corrected chi connectivity index (χ4v) is 5.21. The molecule has 2 rings (SSSR count). The van der Waals surface area contributed by atoms with Gasteiger partial charge in [0.25, 0.3) is 0 Å². The normalized spacial score (nSPS) is 18.9. The standard InChI is InChI=1S/C12H16N2Si/c1-15(2)9-3-8-14(15)12-6-4-11(10-13)5-7-12/h4-7H,3,8-9H2,1-2H3. The summed E-state index contributed by atoms with van der Waals surface area (Å²) in [5.41, 5.74) is 2.04. The summed E-state index contributed by atoms with van der Waals surface area (Å²) in [6, 6.07) is 11.5. The van der Waals surface area contributed by atoms with Crippen molar-refractivity contribution in [3.05, 3.63) is 29.8 Å². The summed E-state index contributed by atoms with van der Waals surface area (Å²) in [5, 5.41) is 8.74. The molecule has 1 fully saturated rings. The fraction of sp³-hybridized carbons (Fsp3) is 0.417. The minimum absolute atomic E-state index is 0.748. The summed E-state index contributed by atoms with van der Waals surface area (Å²) in [5.74, 6) is 0. The van der Waals surface area contributed by atoms with Gasteiger partial charge in [-0.25, -0.2) is 0 Å². The maximum absolute atomic E-state index is 8.74. The molecule has 0 radical (unpaired) electrons. The molecule has 0 unspecified atom stereocenters. The average molecular weight is 216 g/mol. The van der Waals surface area contributed by atoms with Crippen LogP contribution in [0.4, 0.5) is 5.69 Å². The van der Waals surface area contributed by atoms with Gasteiger partial charge in [-0.2, -0.15) is 5.26 Å². The lowest BCUT2D eigenvalue weighted by molar-refractivity contribution is 0.982. The third-order valence-electron chi connectivity index (χ3n) is 3.21. The maximum Gasteiger partial charge on any atom is 0.150 e. The van der Waals surface area contributed by atoms with Crippen LogP contribution in [0.5, 0.6) is 0 Å². The minimum Gasteiger partial charge on any atom is -0.398 e. The van der Waals surface area contributed by atoms with Crippen molar-refractivity contribution in [1.29, 1.82) is 5.26 Å². The molecule has 1 aromatic rings. The van der Waals surface area contributed by atoms with E-state index >= 15 is 0 Å². The van der Waals surface area contributed by atoms with Crippen LogP contribution in [0.1, 0.15) is 12.0 Å². The van der Waals surface area contributed by atoms with Crippen molar-refractivity contribution in [2.24, 2.45) is 0 Å². The van der Waals surface area contributed by atoms with Crippen LogP contribution in [0.15, 0.2) is 24.3 Å². The van der Waals surface area contributed by atoms with Gasteiger partial charge < -0.3 is 4.57 Å². The zero-order valence-corrected chi connectivity index (χ0v) is 10.3. The molecule has 0 amide bonds. The number of rotatable bonds is 1. The first kappa shape index (κ1) is 10.3. The van der Waals surface area contributed by atoms with Gasteiger partial charge >= 0.3 is 0 Å². The van der Waals surface area contributed by atoms with Crippen LogP contribution in [0.25, 0.3) is 0 Å². The SMILES string of the molecule is C[Si]1(C)CCCN1c1ccc(C#N)cc1. The molecule has 78 valence electrons. The molecule has 1 aliphatic heterocycles. The summed E-state index contributed by atoms with van der Waals surface area (Å²) in [6.45, 7) is 6.02. The first-order valence-electron chi connectivity index (χ1n) is 5.41. The summed E-state index contributed by atoms with van der Waals surface area (Å²) in [4.78, 5) is 0. The number of hydrogen-bond donors (Lipinski definition) is 0. The maximum atomic E-state index is 8.74. The molecule has 2 nitrogen and oxygen atoms in total. The summed E-state index contributed by atoms with van der Waals surface area (Å²) < 4.78 is 2.56. The molecule has 1 aliphatic rings. The van der Waals surface area contributed by atoms with Gasteiger partial charge in [-0.1, -0.05) is 13.1 Å². The highest BCUT2D eigenvalue weighted by molar-refractivity contribution is 6.81. The monoisotopic (exact) mass is 216 g/mol. The Bertz CT molecular complexity index is 389. The number of nitriles is 1. The van der Waals surface area contributed by atoms with E-state index in [-0.39, 0.29) is 0 Å². The highest BCUT2D eigenvalue weighted by Gasteiger charge is 2.34. The highest BCUT2D eigenvalue weighted by atomic mass is 28.3. The van der Waals surface area contributed by atoms with Gasteiger partial charge in [-0.3, -0.25) is 0 Å². The Morgan fingerprint density at radius 3 is 2.40 bits per heavy atom. The van der Waals surface area contributed by atoms with E-state index in [0.29, 0.717) is 0 Å². The third-order valence-corrected chi connectivity index (χ3v) is 6.73. The lowest BCUT2D eigenvalue weighted by atomic mass is 10.2. The van der Waals surface area contributed by atoms with Gasteiger partial charge in [-0.15, -0.1) is 0 Å². The first-order chi connectivity index (χ1) is 7.13. The summed E-state index contributed by atoms with van der Waals surface area (Å²) >= 11 is 0. The average Bonchev–Trinajstić information content (AvgIpc) is 2.58. The second-order valence-corrected chi connectivity index (χ2v) is 9.39. The van der Waals surface area contributed by atoms with Crippen molar-refractivity contribution in [3.63, 3.8) is 0 Å². The molecule has 0 N–H and O–H groups in total. The van der Waals surface area contributed by atoms with E-state index in [2.05, 4.69) is 35.9 Å². The molecule has 1 heterocycles. The lowest BCUT2D eigenvalue weighted by Gasteiger charge is -2.32. The van der Waals surface area contributed by atoms with Crippen molar-refractivity contribution < 1.29 is 0 Å². The molecule has 0 bridgehead atoms. The van der Waals surface area contributed by atoms with E-state index in [1.54, 1.807) is 0 Å². The van der Waals surface area contributed by atoms with Crippen LogP contribution in [-0.4, -0.2) is 14.8 Å². The highest BCUT2D eigenvalue weighted by Crippen LogP contribution is 2.31. The van der Waals surface area contributed by atoms with Gasteiger partial charge in [0.15, 0.2) is 8.24 Å². The Hall–Kier alpha value is -1.27. The van der Waals surface area contributed by atoms with E-state index in [4.69, 9.17) is 5.26 Å². The second-order valence-electron chi connectivity index (χ2n) is 4.73. The molecule has 0 spiro atoms. The van der Waals surface area contributed by atoms with Gasteiger partial charge in [0.2, 0.25) is 0 Å². The Morgan fingerprint density at radius 2 is 1.93 bits per heavy atom. The molecule has 0 aliphatic carbocycles. The predicted octanol–water partition coefficient (Wildman–Crippen LogP) is 2.97. The minimum atomic E-state index is -1.19. The predicted molar refractivity (Wildman–Crippen MR) is 65.4 cm³/mol. The second kappa shape index (κ2) is 3.71. The van der Waals surface area contributed by atoms with Crippen LogP contribution in [-0.2, 0) is 0 Å². The van der Waals surface area contributed by atoms with Gasteiger partial charge in [-0.05, 0) is 36.7 Å². The smallest absolute Gasteiger partial charge is 0.150 e. The van der Waals surface area contributed by atoms with E-state index in [1.165, 1.54) is 24.7 Å². The molecule has 0 aromatic heterocycles. The van der Waals surface area contributed by atoms with E-state index in [9.17, 15) is 0 Å². The van der Waals surface area contributed by atoms with Crippen LogP contribution in [0.3, 0.4) is 0 Å². The summed E-state index contributed by atoms with van der Waals surface area (Å²) in [7, 11) is -1.19. The lowest BCUT2D eigenvalue weighted by Crippen LogP contribution is -2.43. The Balaban J connectivity index is 2.27. The van der Waals surface area contributed by atoms with Crippen molar-refractivity contribution in [2.75, 3.05) is 11.1 Å². The zero-order valence-electron chi connectivity index (χ0n) is 9.33. The van der Waals surface area contributed by atoms with Crippen molar-refractivity contribution in [1.82, 2.24) is 0 Å². The van der Waals surface area contributed by atoms with Gasteiger partial charge in [0, 0.05) is 12.2 Å². The summed E-state index contributed by atoms with van der Waals surface area (Å²) in [6.07, 6.45) is 1.32. The Labute approximate surface area is 92.2 Å². The van der Waals surface area contributed by atoms with E-state index in [1.807, 2.05) is 12.1 Å². The molecule has 0 saturated carbocycles. The fourth-order valence-electron chi connectivity index (χ4n) is 2.30. The van der Waals surface area contributed by atoms with Crippen LogP contribution in [0, 0.1) is 11.3 Å². The van der Waals surface area contributed by atoms with Crippen LogP contribution < -0.4 is 4.57 Å². The van der Waals surface area contributed by atoms with Crippen molar-refractivity contribution in [2.45, 2.75) is 25.6 Å². The topological polar surface area (TPSA) is 27.0 Å². The van der Waals surface area contributed by atoms with E-state index in [0.717, 1.165) is 5.56 Å². The van der Waals surface area contributed by atoms with Gasteiger partial charge in [0.05, 0.1) is 11.6 Å². The zero-order chi connectivity index (χ0) is 10.9. The van der Waals surface area contributed by atoms with E-state index < -0.39 is 8.24 Å². The quantitative estimate of drug-likeness (QED) is 0.675. The van der Waals surface area contributed by atoms with Gasteiger partial charge in [0.1, 0.15) is 0 Å². The molecular formula is C12H16N2Si. The molecule has 1 saturated heterocycles. The number of anilines is 1. The first-order valence-corrected chi connectivity index (χ1v) is 8.57. The molecule has 1 aromatic carbocycles. The molecule has 0 atom stereocenters. The Morgan fingerprint density at radius 1 is 1.27 bits per heavy atom. The number of nitrogens with zero attached hydrogens (tertiary/aromatic N) is 2. The largest absolute Gasteiger partial charge is 0.398 e. The molecule has 15 heavy (non-hydrogen) atoms. The molecular weight excluding hydrogens is 200 g/mol. The Kier molecular flexibility index (Phi) is 2.53. The van der Waals surface area contributed by atoms with Crippen LogP contribution >= 0.6 is 0 Å². The van der Waals surface area contributed by atoms with Crippen LogP contribution in [0.2, 0.25) is 19.1 Å². The van der Waals surface area contributed by atoms with Crippen molar-refractivity contribution in [3.8, 4) is 6.07 Å². The molecule has 3 heteroatoms.